The third kappa shape index (κ3) is 2.04. The van der Waals surface area contributed by atoms with Crippen molar-refractivity contribution in [1.82, 2.24) is 5.16 Å². The summed E-state index contributed by atoms with van der Waals surface area (Å²) in [5.41, 5.74) is 0.866. The first-order chi connectivity index (χ1) is 7.68. The Morgan fingerprint density at radius 1 is 1.31 bits per heavy atom. The van der Waals surface area contributed by atoms with Crippen molar-refractivity contribution in [3.05, 3.63) is 35.0 Å². The fourth-order valence-corrected chi connectivity index (χ4v) is 1.22. The maximum Gasteiger partial charge on any atom is 0.311 e. The van der Waals surface area contributed by atoms with Crippen molar-refractivity contribution in [2.75, 3.05) is 0 Å². The van der Waals surface area contributed by atoms with Gasteiger partial charge in [-0.3, -0.25) is 0 Å². The van der Waals surface area contributed by atoms with Crippen LogP contribution in [0.3, 0.4) is 0 Å². The summed E-state index contributed by atoms with van der Waals surface area (Å²) in [7, 11) is 0. The first-order valence-corrected chi connectivity index (χ1v) is 4.88. The molecule has 0 saturated heterocycles. The lowest BCUT2D eigenvalue weighted by Crippen LogP contribution is -1.66. The lowest BCUT2D eigenvalue weighted by Gasteiger charge is -1.93. The van der Waals surface area contributed by atoms with E-state index in [1.54, 1.807) is 31.2 Å². The molecule has 5 nitrogen and oxygen atoms in total. The van der Waals surface area contributed by atoms with Crippen LogP contribution in [0.15, 0.2) is 39.0 Å². The molecule has 0 fully saturated rings. The van der Waals surface area contributed by atoms with Crippen molar-refractivity contribution < 1.29 is 9.63 Å². The van der Waals surface area contributed by atoms with Crippen molar-refractivity contribution in [2.24, 2.45) is 10.2 Å². The zero-order valence-electron chi connectivity index (χ0n) is 8.38. The predicted octanol–water partition coefficient (Wildman–Crippen LogP) is 3.76. The Morgan fingerprint density at radius 2 is 2.06 bits per heavy atom. The Balaban J connectivity index is 2.28. The van der Waals surface area contributed by atoms with Crippen LogP contribution in [0.1, 0.15) is 5.69 Å². The van der Waals surface area contributed by atoms with Crippen LogP contribution in [-0.4, -0.2) is 10.3 Å². The fourth-order valence-electron chi connectivity index (χ4n) is 1.05. The Labute approximate surface area is 96.4 Å². The standard InChI is InChI=1S/C10H8ClN3O2/c1-6-9(15)10(16-14-6)13-12-8-5-3-2-4-7(8)11/h2-5,15H,1H3. The van der Waals surface area contributed by atoms with Crippen LogP contribution in [0.2, 0.25) is 5.02 Å². The summed E-state index contributed by atoms with van der Waals surface area (Å²) in [4.78, 5) is 0. The summed E-state index contributed by atoms with van der Waals surface area (Å²) in [5.74, 6) is -0.145. The molecule has 0 saturated carbocycles. The molecule has 0 aliphatic rings. The van der Waals surface area contributed by atoms with E-state index in [0.717, 1.165) is 0 Å². The Kier molecular flexibility index (Phi) is 2.87. The fraction of sp³-hybridized carbons (Fsp3) is 0.100. The average molecular weight is 238 g/mol. The van der Waals surface area contributed by atoms with E-state index in [1.807, 2.05) is 0 Å². The van der Waals surface area contributed by atoms with Gasteiger partial charge < -0.3 is 9.63 Å². The molecule has 0 aliphatic heterocycles. The quantitative estimate of drug-likeness (QED) is 0.809. The average Bonchev–Trinajstić information content (AvgIpc) is 2.59. The van der Waals surface area contributed by atoms with Crippen LogP contribution in [0, 0.1) is 6.92 Å². The predicted molar refractivity (Wildman–Crippen MR) is 58.5 cm³/mol. The van der Waals surface area contributed by atoms with E-state index in [1.165, 1.54) is 0 Å². The van der Waals surface area contributed by atoms with Crippen molar-refractivity contribution in [3.8, 4) is 5.75 Å². The molecule has 0 amide bonds. The first kappa shape index (κ1) is 10.6. The van der Waals surface area contributed by atoms with Gasteiger partial charge in [0.25, 0.3) is 0 Å². The summed E-state index contributed by atoms with van der Waals surface area (Å²) in [6.07, 6.45) is 0. The molecule has 0 unspecified atom stereocenters. The van der Waals surface area contributed by atoms with Crippen molar-refractivity contribution in [1.29, 1.82) is 0 Å². The number of hydrogen-bond donors (Lipinski definition) is 1. The Bertz CT molecular complexity index is 537. The number of aromatic hydroxyl groups is 1. The second-order valence-corrected chi connectivity index (χ2v) is 3.48. The van der Waals surface area contributed by atoms with Gasteiger partial charge in [0.2, 0.25) is 5.75 Å². The maximum absolute atomic E-state index is 9.44. The molecular weight excluding hydrogens is 230 g/mol. The van der Waals surface area contributed by atoms with Crippen LogP contribution >= 0.6 is 11.6 Å². The van der Waals surface area contributed by atoms with Gasteiger partial charge in [0.15, 0.2) is 0 Å². The van der Waals surface area contributed by atoms with E-state index in [4.69, 9.17) is 16.1 Å². The van der Waals surface area contributed by atoms with Gasteiger partial charge in [-0.1, -0.05) is 28.9 Å². The van der Waals surface area contributed by atoms with E-state index >= 15 is 0 Å². The van der Waals surface area contributed by atoms with Crippen LogP contribution in [-0.2, 0) is 0 Å². The maximum atomic E-state index is 9.44. The molecule has 16 heavy (non-hydrogen) atoms. The molecule has 1 N–H and O–H groups in total. The van der Waals surface area contributed by atoms with E-state index in [-0.39, 0.29) is 11.6 Å². The Hall–Kier alpha value is -1.88. The monoisotopic (exact) mass is 237 g/mol. The first-order valence-electron chi connectivity index (χ1n) is 4.50. The van der Waals surface area contributed by atoms with Gasteiger partial charge in [0, 0.05) is 0 Å². The molecule has 82 valence electrons. The molecule has 2 aromatic rings. The number of benzene rings is 1. The van der Waals surface area contributed by atoms with Crippen LogP contribution in [0.25, 0.3) is 0 Å². The van der Waals surface area contributed by atoms with Crippen LogP contribution in [0.5, 0.6) is 5.75 Å². The van der Waals surface area contributed by atoms with Crippen LogP contribution in [0.4, 0.5) is 11.6 Å². The molecule has 0 atom stereocenters. The number of rotatable bonds is 2. The molecule has 1 aromatic carbocycles. The third-order valence-electron chi connectivity index (χ3n) is 1.92. The van der Waals surface area contributed by atoms with Gasteiger partial charge in [-0.05, 0) is 19.1 Å². The van der Waals surface area contributed by atoms with Gasteiger partial charge in [0.05, 0.1) is 5.02 Å². The topological polar surface area (TPSA) is 71.0 Å². The molecule has 2 rings (SSSR count). The third-order valence-corrected chi connectivity index (χ3v) is 2.23. The summed E-state index contributed by atoms with van der Waals surface area (Å²) in [5, 5.41) is 21.0. The second kappa shape index (κ2) is 4.32. The molecule has 1 aromatic heterocycles. The lowest BCUT2D eigenvalue weighted by molar-refractivity contribution is 0.415. The molecule has 0 spiro atoms. The van der Waals surface area contributed by atoms with E-state index in [0.29, 0.717) is 16.4 Å². The number of nitrogens with zero attached hydrogens (tertiary/aromatic N) is 3. The van der Waals surface area contributed by atoms with E-state index < -0.39 is 0 Å². The molecule has 0 radical (unpaired) electrons. The van der Waals surface area contributed by atoms with Gasteiger partial charge in [0.1, 0.15) is 11.4 Å². The van der Waals surface area contributed by atoms with Crippen molar-refractivity contribution >= 4 is 23.2 Å². The lowest BCUT2D eigenvalue weighted by atomic mass is 10.3. The van der Waals surface area contributed by atoms with E-state index in [9.17, 15) is 5.11 Å². The minimum Gasteiger partial charge on any atom is -0.502 e. The van der Waals surface area contributed by atoms with Gasteiger partial charge in [-0.15, -0.1) is 10.2 Å². The van der Waals surface area contributed by atoms with E-state index in [2.05, 4.69) is 15.4 Å². The highest BCUT2D eigenvalue weighted by atomic mass is 35.5. The van der Waals surface area contributed by atoms with Crippen molar-refractivity contribution in [3.63, 3.8) is 0 Å². The SMILES string of the molecule is Cc1noc(N=Nc2ccccc2Cl)c1O. The minimum absolute atomic E-state index is 0.0302. The highest BCUT2D eigenvalue weighted by molar-refractivity contribution is 6.32. The number of aromatic nitrogens is 1. The molecule has 0 aliphatic carbocycles. The van der Waals surface area contributed by atoms with Gasteiger partial charge >= 0.3 is 5.88 Å². The molecule has 6 heteroatoms. The number of aryl methyl sites for hydroxylation is 1. The summed E-state index contributed by atoms with van der Waals surface area (Å²) in [6.45, 7) is 1.60. The molecule has 0 bridgehead atoms. The number of hydrogen-bond acceptors (Lipinski definition) is 5. The summed E-state index contributed by atoms with van der Waals surface area (Å²) >= 11 is 5.87. The minimum atomic E-state index is -0.115. The molecular formula is C10H8ClN3O2. The largest absolute Gasteiger partial charge is 0.502 e. The summed E-state index contributed by atoms with van der Waals surface area (Å²) < 4.78 is 4.75. The zero-order chi connectivity index (χ0) is 11.5. The smallest absolute Gasteiger partial charge is 0.311 e. The number of halogens is 1. The van der Waals surface area contributed by atoms with Gasteiger partial charge in [-0.25, -0.2) is 0 Å². The molecule has 1 heterocycles. The Morgan fingerprint density at radius 3 is 2.69 bits per heavy atom. The summed E-state index contributed by atoms with van der Waals surface area (Å²) in [6, 6.07) is 6.97. The highest BCUT2D eigenvalue weighted by Crippen LogP contribution is 2.32. The van der Waals surface area contributed by atoms with Crippen molar-refractivity contribution in [2.45, 2.75) is 6.92 Å². The van der Waals surface area contributed by atoms with Gasteiger partial charge in [-0.2, -0.15) is 0 Å². The second-order valence-electron chi connectivity index (χ2n) is 3.07. The normalized spacial score (nSPS) is 11.1. The van der Waals surface area contributed by atoms with Crippen LogP contribution < -0.4 is 0 Å². The highest BCUT2D eigenvalue weighted by Gasteiger charge is 2.10. The number of azo groups is 1. The zero-order valence-corrected chi connectivity index (χ0v) is 9.14.